The van der Waals surface area contributed by atoms with Crippen LogP contribution in [0.2, 0.25) is 10.0 Å². The van der Waals surface area contributed by atoms with Crippen molar-refractivity contribution >= 4 is 40.9 Å². The standard InChI is InChI=1S/C15H12Cl2O2S/c16-11-6-10(7-12(17)9-11)8-14(15(18)19)20-13-4-2-1-3-5-13/h1-7,9,14H,8H2,(H,18,19)/t14-/m1/s1. The van der Waals surface area contributed by atoms with E-state index in [0.29, 0.717) is 16.5 Å². The van der Waals surface area contributed by atoms with Crippen molar-refractivity contribution in [1.82, 2.24) is 0 Å². The molecule has 0 aliphatic heterocycles. The van der Waals surface area contributed by atoms with Gasteiger partial charge in [0.05, 0.1) is 0 Å². The van der Waals surface area contributed by atoms with Gasteiger partial charge in [-0.05, 0) is 42.3 Å². The Balaban J connectivity index is 2.15. The van der Waals surface area contributed by atoms with Crippen molar-refractivity contribution in [3.05, 3.63) is 64.1 Å². The maximum absolute atomic E-state index is 11.4. The summed E-state index contributed by atoms with van der Waals surface area (Å²) < 4.78 is 0. The van der Waals surface area contributed by atoms with E-state index in [-0.39, 0.29) is 0 Å². The zero-order chi connectivity index (χ0) is 14.5. The van der Waals surface area contributed by atoms with E-state index >= 15 is 0 Å². The van der Waals surface area contributed by atoms with Crippen LogP contribution in [0.5, 0.6) is 0 Å². The van der Waals surface area contributed by atoms with E-state index in [2.05, 4.69) is 0 Å². The zero-order valence-corrected chi connectivity index (χ0v) is 12.8. The summed E-state index contributed by atoms with van der Waals surface area (Å²) in [6, 6.07) is 14.6. The van der Waals surface area contributed by atoms with Crippen molar-refractivity contribution in [2.24, 2.45) is 0 Å². The minimum absolute atomic E-state index is 0.370. The molecule has 0 spiro atoms. The fourth-order valence-electron chi connectivity index (χ4n) is 1.79. The van der Waals surface area contributed by atoms with Gasteiger partial charge in [0.15, 0.2) is 0 Å². The quantitative estimate of drug-likeness (QED) is 0.803. The molecule has 0 aromatic heterocycles. The van der Waals surface area contributed by atoms with E-state index in [9.17, 15) is 9.90 Å². The summed E-state index contributed by atoms with van der Waals surface area (Å²) in [5.74, 6) is -0.852. The van der Waals surface area contributed by atoms with Gasteiger partial charge in [0.25, 0.3) is 0 Å². The molecule has 2 rings (SSSR count). The minimum Gasteiger partial charge on any atom is -0.480 e. The van der Waals surface area contributed by atoms with E-state index < -0.39 is 11.2 Å². The average Bonchev–Trinajstić information content (AvgIpc) is 2.38. The van der Waals surface area contributed by atoms with Crippen LogP contribution in [-0.2, 0) is 11.2 Å². The van der Waals surface area contributed by atoms with Crippen LogP contribution in [0.1, 0.15) is 5.56 Å². The van der Waals surface area contributed by atoms with Gasteiger partial charge in [-0.1, -0.05) is 41.4 Å². The van der Waals surface area contributed by atoms with Crippen LogP contribution in [-0.4, -0.2) is 16.3 Å². The molecule has 5 heteroatoms. The smallest absolute Gasteiger partial charge is 0.317 e. The number of thioether (sulfide) groups is 1. The van der Waals surface area contributed by atoms with Crippen LogP contribution in [0.3, 0.4) is 0 Å². The number of carbonyl (C=O) groups is 1. The van der Waals surface area contributed by atoms with Crippen molar-refractivity contribution in [3.8, 4) is 0 Å². The van der Waals surface area contributed by atoms with Crippen LogP contribution >= 0.6 is 35.0 Å². The lowest BCUT2D eigenvalue weighted by molar-refractivity contribution is -0.136. The average molecular weight is 327 g/mol. The Morgan fingerprint density at radius 3 is 2.25 bits per heavy atom. The molecular formula is C15H12Cl2O2S. The van der Waals surface area contributed by atoms with Gasteiger partial charge in [-0.2, -0.15) is 0 Å². The Kier molecular flexibility index (Phi) is 5.35. The Hall–Kier alpha value is -1.16. The monoisotopic (exact) mass is 326 g/mol. The Labute approximate surface area is 131 Å². The molecular weight excluding hydrogens is 315 g/mol. The first-order valence-corrected chi connectivity index (χ1v) is 7.57. The number of halogens is 2. The van der Waals surface area contributed by atoms with Gasteiger partial charge in [-0.25, -0.2) is 0 Å². The zero-order valence-electron chi connectivity index (χ0n) is 10.4. The highest BCUT2D eigenvalue weighted by Gasteiger charge is 2.19. The van der Waals surface area contributed by atoms with Gasteiger partial charge in [0.2, 0.25) is 0 Å². The number of benzene rings is 2. The molecule has 1 N–H and O–H groups in total. The predicted molar refractivity (Wildman–Crippen MR) is 83.9 cm³/mol. The maximum atomic E-state index is 11.4. The number of carboxylic acids is 1. The second-order valence-corrected chi connectivity index (χ2v) is 6.39. The van der Waals surface area contributed by atoms with E-state index in [0.717, 1.165) is 10.5 Å². The van der Waals surface area contributed by atoms with Crippen molar-refractivity contribution in [2.45, 2.75) is 16.6 Å². The van der Waals surface area contributed by atoms with E-state index in [1.54, 1.807) is 18.2 Å². The van der Waals surface area contributed by atoms with Gasteiger partial charge >= 0.3 is 5.97 Å². The van der Waals surface area contributed by atoms with Crippen LogP contribution in [0.15, 0.2) is 53.4 Å². The molecule has 2 aromatic rings. The SMILES string of the molecule is O=C(O)[C@@H](Cc1cc(Cl)cc(Cl)c1)Sc1ccccc1. The van der Waals surface area contributed by atoms with Crippen molar-refractivity contribution in [2.75, 3.05) is 0 Å². The lowest BCUT2D eigenvalue weighted by atomic mass is 10.1. The van der Waals surface area contributed by atoms with Gasteiger partial charge in [-0.3, -0.25) is 4.79 Å². The normalized spacial score (nSPS) is 12.1. The van der Waals surface area contributed by atoms with Crippen LogP contribution < -0.4 is 0 Å². The lowest BCUT2D eigenvalue weighted by Crippen LogP contribution is -2.19. The van der Waals surface area contributed by atoms with Crippen LogP contribution in [0.25, 0.3) is 0 Å². The fourth-order valence-corrected chi connectivity index (χ4v) is 3.38. The lowest BCUT2D eigenvalue weighted by Gasteiger charge is -2.12. The molecule has 0 amide bonds. The third-order valence-electron chi connectivity index (χ3n) is 2.64. The fraction of sp³-hybridized carbons (Fsp3) is 0.133. The largest absolute Gasteiger partial charge is 0.480 e. The summed E-state index contributed by atoms with van der Waals surface area (Å²) in [5.41, 5.74) is 0.818. The summed E-state index contributed by atoms with van der Waals surface area (Å²) in [6.07, 6.45) is 0.370. The third-order valence-corrected chi connectivity index (χ3v) is 4.27. The summed E-state index contributed by atoms with van der Waals surface area (Å²) in [6.45, 7) is 0. The molecule has 0 saturated carbocycles. The summed E-state index contributed by atoms with van der Waals surface area (Å²) in [7, 11) is 0. The summed E-state index contributed by atoms with van der Waals surface area (Å²) in [5, 5.41) is 9.80. The molecule has 0 bridgehead atoms. The summed E-state index contributed by atoms with van der Waals surface area (Å²) >= 11 is 13.2. The first-order chi connectivity index (χ1) is 9.54. The highest BCUT2D eigenvalue weighted by atomic mass is 35.5. The number of aliphatic carboxylic acids is 1. The van der Waals surface area contributed by atoms with Crippen LogP contribution in [0, 0.1) is 0 Å². The second kappa shape index (κ2) is 7.02. The topological polar surface area (TPSA) is 37.3 Å². The molecule has 0 unspecified atom stereocenters. The Morgan fingerprint density at radius 2 is 1.70 bits per heavy atom. The minimum atomic E-state index is -0.852. The number of carboxylic acid groups (broad SMARTS) is 1. The van der Waals surface area contributed by atoms with Gasteiger partial charge in [0, 0.05) is 14.9 Å². The Morgan fingerprint density at radius 1 is 1.10 bits per heavy atom. The molecule has 2 aromatic carbocycles. The van der Waals surface area contributed by atoms with Gasteiger partial charge in [0.1, 0.15) is 5.25 Å². The number of hydrogen-bond acceptors (Lipinski definition) is 2. The molecule has 2 nitrogen and oxygen atoms in total. The molecule has 0 heterocycles. The summed E-state index contributed by atoms with van der Waals surface area (Å²) in [4.78, 5) is 12.3. The van der Waals surface area contributed by atoms with Crippen molar-refractivity contribution in [3.63, 3.8) is 0 Å². The highest BCUT2D eigenvalue weighted by Crippen LogP contribution is 2.28. The van der Waals surface area contributed by atoms with Crippen molar-refractivity contribution < 1.29 is 9.90 Å². The molecule has 0 fully saturated rings. The third kappa shape index (κ3) is 4.44. The number of rotatable bonds is 5. The number of hydrogen-bond donors (Lipinski definition) is 1. The van der Waals surface area contributed by atoms with Gasteiger partial charge < -0.3 is 5.11 Å². The Bertz CT molecular complexity index is 582. The molecule has 0 aliphatic carbocycles. The van der Waals surface area contributed by atoms with Crippen molar-refractivity contribution in [1.29, 1.82) is 0 Å². The first kappa shape index (κ1) is 15.2. The predicted octanol–water partition coefficient (Wildman–Crippen LogP) is 4.78. The van der Waals surface area contributed by atoms with Gasteiger partial charge in [-0.15, -0.1) is 11.8 Å². The molecule has 0 radical (unpaired) electrons. The van der Waals surface area contributed by atoms with E-state index in [1.807, 2.05) is 30.3 Å². The van der Waals surface area contributed by atoms with Crippen LogP contribution in [0.4, 0.5) is 0 Å². The molecule has 104 valence electrons. The van der Waals surface area contributed by atoms with E-state index in [4.69, 9.17) is 23.2 Å². The molecule has 0 saturated heterocycles. The van der Waals surface area contributed by atoms with E-state index in [1.165, 1.54) is 11.8 Å². The molecule has 1 atom stereocenters. The molecule has 20 heavy (non-hydrogen) atoms. The molecule has 0 aliphatic rings. The first-order valence-electron chi connectivity index (χ1n) is 5.94. The highest BCUT2D eigenvalue weighted by molar-refractivity contribution is 8.00. The second-order valence-electron chi connectivity index (χ2n) is 4.24. The maximum Gasteiger partial charge on any atom is 0.317 e.